The first-order valence-corrected chi connectivity index (χ1v) is 14.9. The van der Waals surface area contributed by atoms with E-state index in [-0.39, 0.29) is 18.7 Å². The normalized spacial score (nSPS) is 19.4. The third-order valence-corrected chi connectivity index (χ3v) is 7.84. The maximum atomic E-state index is 14.8. The number of ether oxygens (including phenoxy) is 2. The molecule has 14 heteroatoms. The molecule has 0 unspecified atom stereocenters. The van der Waals surface area contributed by atoms with Crippen LogP contribution in [-0.2, 0) is 18.2 Å². The second-order valence-electron chi connectivity index (χ2n) is 12.3. The Kier molecular flexibility index (Phi) is 9.16. The number of alkyl carbamates (subject to hydrolysis) is 1. The molecule has 4 heterocycles. The minimum Gasteiger partial charge on any atom is -0.490 e. The first kappa shape index (κ1) is 31.3. The van der Waals surface area contributed by atoms with E-state index in [1.165, 1.54) is 0 Å². The number of nitrogens with zero attached hydrogens (tertiary/aromatic N) is 7. The lowest BCUT2D eigenvalue weighted by molar-refractivity contribution is 0.0504. The monoisotopic (exact) mass is 616 g/mol. The number of hydrogen-bond donors (Lipinski definition) is 1. The van der Waals surface area contributed by atoms with Crippen molar-refractivity contribution >= 4 is 18.0 Å². The number of halogens is 3. The predicted octanol–water partition coefficient (Wildman–Crippen LogP) is 4.38. The molecular formula is C30H39F3N8O3. The molecular weight excluding hydrogens is 577 g/mol. The molecule has 2 aliphatic heterocycles. The number of carbonyl (C=O) groups excluding carboxylic acids is 1. The van der Waals surface area contributed by atoms with Gasteiger partial charge in [0.05, 0.1) is 25.0 Å². The largest absolute Gasteiger partial charge is 0.490 e. The summed E-state index contributed by atoms with van der Waals surface area (Å²) in [6, 6.07) is 0.674. The molecule has 0 saturated carbocycles. The highest BCUT2D eigenvalue weighted by atomic mass is 19.2. The predicted molar refractivity (Wildman–Crippen MR) is 157 cm³/mol. The molecule has 3 aromatic rings. The van der Waals surface area contributed by atoms with Gasteiger partial charge in [0.2, 0.25) is 11.9 Å². The van der Waals surface area contributed by atoms with Gasteiger partial charge in [-0.3, -0.25) is 0 Å². The summed E-state index contributed by atoms with van der Waals surface area (Å²) in [6.07, 6.45) is 5.16. The lowest BCUT2D eigenvalue weighted by Gasteiger charge is -2.32. The van der Waals surface area contributed by atoms with Gasteiger partial charge in [-0.15, -0.1) is 0 Å². The van der Waals surface area contributed by atoms with E-state index in [1.807, 2.05) is 18.7 Å². The van der Waals surface area contributed by atoms with Crippen LogP contribution in [0.2, 0.25) is 0 Å². The number of nitrogens with one attached hydrogen (secondary N) is 1. The molecule has 238 valence electrons. The fourth-order valence-corrected chi connectivity index (χ4v) is 5.62. The zero-order chi connectivity index (χ0) is 31.6. The van der Waals surface area contributed by atoms with Crippen LogP contribution in [-0.4, -0.2) is 75.3 Å². The van der Waals surface area contributed by atoms with Crippen LogP contribution in [0.15, 0.2) is 24.5 Å². The smallest absolute Gasteiger partial charge is 0.407 e. The maximum absolute atomic E-state index is 14.8. The molecule has 1 N–H and O–H groups in total. The average molecular weight is 617 g/mol. The molecule has 2 atom stereocenters. The second kappa shape index (κ2) is 12.9. The van der Waals surface area contributed by atoms with Crippen LogP contribution in [0.5, 0.6) is 5.75 Å². The minimum atomic E-state index is -1.28. The van der Waals surface area contributed by atoms with E-state index < -0.39 is 41.1 Å². The summed E-state index contributed by atoms with van der Waals surface area (Å²) in [4.78, 5) is 30.1. The number of aryl methyl sites for hydroxylation is 2. The van der Waals surface area contributed by atoms with Gasteiger partial charge in [0.15, 0.2) is 23.2 Å². The van der Waals surface area contributed by atoms with E-state index >= 15 is 0 Å². The number of amides is 1. The lowest BCUT2D eigenvalue weighted by atomic mass is 9.93. The third kappa shape index (κ3) is 7.33. The molecule has 0 bridgehead atoms. The summed E-state index contributed by atoms with van der Waals surface area (Å²) < 4.78 is 55.8. The van der Waals surface area contributed by atoms with Crippen molar-refractivity contribution in [1.29, 1.82) is 0 Å². The third-order valence-electron chi connectivity index (χ3n) is 7.84. The quantitative estimate of drug-likeness (QED) is 0.369. The van der Waals surface area contributed by atoms with Gasteiger partial charge in [0.25, 0.3) is 0 Å². The Morgan fingerprint density at radius 1 is 1.02 bits per heavy atom. The Labute approximate surface area is 254 Å². The van der Waals surface area contributed by atoms with Gasteiger partial charge in [0.1, 0.15) is 11.4 Å². The topological polar surface area (TPSA) is 111 Å². The van der Waals surface area contributed by atoms with E-state index in [2.05, 4.69) is 30.3 Å². The Bertz CT molecular complexity index is 1450. The van der Waals surface area contributed by atoms with Crippen molar-refractivity contribution in [2.45, 2.75) is 64.5 Å². The zero-order valence-electron chi connectivity index (χ0n) is 25.7. The molecule has 2 fully saturated rings. The van der Waals surface area contributed by atoms with Crippen LogP contribution in [0.3, 0.4) is 0 Å². The van der Waals surface area contributed by atoms with Crippen molar-refractivity contribution in [3.05, 3.63) is 53.4 Å². The van der Waals surface area contributed by atoms with Crippen LogP contribution in [0.4, 0.5) is 29.9 Å². The number of benzene rings is 1. The fourth-order valence-electron chi connectivity index (χ4n) is 5.62. The maximum Gasteiger partial charge on any atom is 0.407 e. The number of anilines is 2. The van der Waals surface area contributed by atoms with E-state index in [0.717, 1.165) is 50.2 Å². The fraction of sp³-hybridized carbons (Fsp3) is 0.567. The molecule has 0 aliphatic carbocycles. The van der Waals surface area contributed by atoms with Gasteiger partial charge in [-0.25, -0.2) is 32.6 Å². The van der Waals surface area contributed by atoms with Gasteiger partial charge in [-0.1, -0.05) is 6.92 Å². The molecule has 11 nitrogen and oxygen atoms in total. The molecule has 5 rings (SSSR count). The molecule has 2 aliphatic rings. The molecule has 2 saturated heterocycles. The Balaban J connectivity index is 1.20. The Morgan fingerprint density at radius 2 is 1.70 bits per heavy atom. The van der Waals surface area contributed by atoms with Crippen molar-refractivity contribution in [2.75, 3.05) is 42.6 Å². The van der Waals surface area contributed by atoms with Gasteiger partial charge < -0.3 is 24.6 Å². The molecule has 0 spiro atoms. The average Bonchev–Trinajstić information content (AvgIpc) is 3.56. The first-order chi connectivity index (χ1) is 20.9. The number of hydrogen-bond acceptors (Lipinski definition) is 9. The molecule has 1 amide bonds. The van der Waals surface area contributed by atoms with Crippen LogP contribution in [0.25, 0.3) is 0 Å². The van der Waals surface area contributed by atoms with Crippen molar-refractivity contribution < 1.29 is 27.4 Å². The number of rotatable bonds is 8. The second-order valence-corrected chi connectivity index (χ2v) is 12.3. The van der Waals surface area contributed by atoms with Gasteiger partial charge >= 0.3 is 6.09 Å². The highest BCUT2D eigenvalue weighted by Crippen LogP contribution is 2.33. The molecule has 44 heavy (non-hydrogen) atoms. The van der Waals surface area contributed by atoms with Crippen molar-refractivity contribution in [3.63, 3.8) is 0 Å². The summed E-state index contributed by atoms with van der Waals surface area (Å²) in [6.45, 7) is 9.83. The highest BCUT2D eigenvalue weighted by Gasteiger charge is 2.39. The van der Waals surface area contributed by atoms with Crippen LogP contribution >= 0.6 is 0 Å². The van der Waals surface area contributed by atoms with Crippen molar-refractivity contribution in [2.24, 2.45) is 13.0 Å². The first-order valence-electron chi connectivity index (χ1n) is 14.9. The van der Waals surface area contributed by atoms with Crippen LogP contribution in [0.1, 0.15) is 57.8 Å². The Morgan fingerprint density at radius 3 is 2.34 bits per heavy atom. The SMILES string of the molecule is CCc1nc(N2CCC(COc3cnc(N4C[C@H](NC(=O)OC(C)(C)C)[C@@H](c5cc(F)c(F)cc5F)C4)nc3)CC2)n(C)n1. The minimum absolute atomic E-state index is 0.0524. The number of piperidine rings is 1. The summed E-state index contributed by atoms with van der Waals surface area (Å²) in [7, 11) is 1.92. The van der Waals surface area contributed by atoms with Crippen molar-refractivity contribution in [1.82, 2.24) is 30.0 Å². The van der Waals surface area contributed by atoms with Gasteiger partial charge in [0, 0.05) is 51.6 Å². The molecule has 2 aromatic heterocycles. The van der Waals surface area contributed by atoms with E-state index in [9.17, 15) is 18.0 Å². The summed E-state index contributed by atoms with van der Waals surface area (Å²) in [5, 5.41) is 7.20. The summed E-state index contributed by atoms with van der Waals surface area (Å²) in [5.41, 5.74) is -0.806. The molecule has 0 radical (unpaired) electrons. The number of carbonyl (C=O) groups is 1. The summed E-state index contributed by atoms with van der Waals surface area (Å²) >= 11 is 0. The highest BCUT2D eigenvalue weighted by molar-refractivity contribution is 5.68. The standard InChI is InChI=1S/C30H39F3N8O3/c1-6-26-37-28(39(5)38-26)40-9-7-18(8-10-40)17-43-19-13-34-27(35-14-19)41-15-21(20-11-23(32)24(33)12-22(20)31)25(16-41)36-29(42)44-30(2,3)4/h11-14,18,21,25H,6-10,15-17H2,1-5H3,(H,36,42)/t21-,25+/m1/s1. The van der Waals surface area contributed by atoms with Gasteiger partial charge in [-0.05, 0) is 51.2 Å². The van der Waals surface area contributed by atoms with Gasteiger partial charge in [-0.2, -0.15) is 10.1 Å². The lowest BCUT2D eigenvalue weighted by Crippen LogP contribution is -2.43. The zero-order valence-corrected chi connectivity index (χ0v) is 25.7. The van der Waals surface area contributed by atoms with Crippen LogP contribution < -0.4 is 19.9 Å². The van der Waals surface area contributed by atoms with E-state index in [0.29, 0.717) is 30.3 Å². The van der Waals surface area contributed by atoms with E-state index in [1.54, 1.807) is 38.1 Å². The van der Waals surface area contributed by atoms with E-state index in [4.69, 9.17) is 9.47 Å². The summed E-state index contributed by atoms with van der Waals surface area (Å²) in [5.74, 6) is -1.10. The number of aromatic nitrogens is 5. The Hall–Kier alpha value is -4.10. The molecule has 1 aromatic carbocycles. The van der Waals surface area contributed by atoms with Crippen molar-refractivity contribution in [3.8, 4) is 5.75 Å². The van der Waals surface area contributed by atoms with Crippen LogP contribution in [0, 0.1) is 23.4 Å².